The summed E-state index contributed by atoms with van der Waals surface area (Å²) in [6, 6.07) is 7.22. The van der Waals surface area contributed by atoms with Gasteiger partial charge in [-0.2, -0.15) is 18.8 Å². The third-order valence-corrected chi connectivity index (χ3v) is 13.7. The molecule has 7 heterocycles. The number of azo groups is 2. The van der Waals surface area contributed by atoms with Crippen LogP contribution in [0.4, 0.5) is 27.5 Å². The highest BCUT2D eigenvalue weighted by Gasteiger charge is 2.34. The minimum atomic E-state index is -0.269. The van der Waals surface area contributed by atoms with Crippen molar-refractivity contribution in [3.8, 4) is 11.5 Å². The molecule has 0 bridgehead atoms. The first-order valence-electron chi connectivity index (χ1n) is 23.1. The number of carbonyl (C=O) groups excluding carboxylic acids is 2. The van der Waals surface area contributed by atoms with Gasteiger partial charge in [0, 0.05) is 87.7 Å². The normalized spacial score (nSPS) is 21.1. The van der Waals surface area contributed by atoms with E-state index in [1.165, 1.54) is 27.1 Å². The summed E-state index contributed by atoms with van der Waals surface area (Å²) in [6.07, 6.45) is 20.5. The molecule has 336 valence electrons. The SMILES string of the molecule is CN(CCC[NH+]1C=C[N+](C)=C1N=Nc1cc2c3c(c1O)CCCN3CCC2)C(=O)c1cc[n+](C(=O)N(C)CCC[NH+]2C=CN(C)C2N=Nc2cc3c4c(c2O)CCCN4CCC3)cc1. The molecule has 3 atom stereocenters. The second kappa shape index (κ2) is 18.5. The Morgan fingerprint density at radius 1 is 0.781 bits per heavy atom. The third kappa shape index (κ3) is 8.57. The lowest BCUT2D eigenvalue weighted by molar-refractivity contribution is -0.877. The van der Waals surface area contributed by atoms with E-state index < -0.39 is 0 Å². The van der Waals surface area contributed by atoms with E-state index in [-0.39, 0.29) is 29.7 Å². The predicted octanol–water partition coefficient (Wildman–Crippen LogP) is 3.06. The van der Waals surface area contributed by atoms with E-state index in [0.29, 0.717) is 36.6 Å². The molecule has 1 aromatic heterocycles. The van der Waals surface area contributed by atoms with Gasteiger partial charge in [0.25, 0.3) is 12.2 Å². The minimum Gasteiger partial charge on any atom is -0.505 e. The van der Waals surface area contributed by atoms with Gasteiger partial charge < -0.3 is 29.8 Å². The van der Waals surface area contributed by atoms with Crippen molar-refractivity contribution in [1.29, 1.82) is 0 Å². The van der Waals surface area contributed by atoms with Crippen molar-refractivity contribution in [2.75, 3.05) is 90.3 Å². The number of quaternary nitrogens is 2. The third-order valence-electron chi connectivity index (χ3n) is 13.7. The van der Waals surface area contributed by atoms with Crippen molar-refractivity contribution in [1.82, 2.24) is 14.7 Å². The van der Waals surface area contributed by atoms with Gasteiger partial charge in [0.15, 0.2) is 11.4 Å². The molecule has 0 saturated carbocycles. The van der Waals surface area contributed by atoms with E-state index in [4.69, 9.17) is 5.11 Å². The Morgan fingerprint density at radius 3 is 2.00 bits per heavy atom. The van der Waals surface area contributed by atoms with Crippen LogP contribution in [-0.4, -0.2) is 134 Å². The highest BCUT2D eigenvalue weighted by Crippen LogP contribution is 2.46. The molecule has 0 saturated heterocycles. The highest BCUT2D eigenvalue weighted by molar-refractivity contribution is 5.93. The summed E-state index contributed by atoms with van der Waals surface area (Å²) in [5.74, 6) is 1.11. The number of amides is 2. The fourth-order valence-corrected chi connectivity index (χ4v) is 10.3. The van der Waals surface area contributed by atoms with E-state index in [9.17, 15) is 19.8 Å². The molecule has 4 N–H and O–H groups in total. The van der Waals surface area contributed by atoms with Crippen LogP contribution in [0.15, 0.2) is 81.9 Å². The molecule has 0 spiro atoms. The first-order chi connectivity index (χ1) is 31.0. The van der Waals surface area contributed by atoms with E-state index in [0.717, 1.165) is 124 Å². The zero-order chi connectivity index (χ0) is 44.5. The quantitative estimate of drug-likeness (QED) is 0.161. The van der Waals surface area contributed by atoms with Gasteiger partial charge in [-0.15, -0.1) is 10.2 Å². The zero-order valence-electron chi connectivity index (χ0n) is 37.7. The van der Waals surface area contributed by atoms with Crippen molar-refractivity contribution in [3.05, 3.63) is 89.3 Å². The lowest BCUT2D eigenvalue weighted by Crippen LogP contribution is -3.11. The summed E-state index contributed by atoms with van der Waals surface area (Å²) < 4.78 is 3.44. The number of phenols is 2. The van der Waals surface area contributed by atoms with E-state index in [1.54, 1.807) is 48.4 Å². The Hall–Kier alpha value is -6.20. The number of nitrogens with zero attached hydrogens (tertiary/aromatic N) is 11. The van der Waals surface area contributed by atoms with Crippen LogP contribution in [0.2, 0.25) is 0 Å². The monoisotopic (exact) mass is 874 g/mol. The number of hydrogen-bond donors (Lipinski definition) is 4. The highest BCUT2D eigenvalue weighted by atomic mass is 16.3. The Balaban J connectivity index is 0.737. The van der Waals surface area contributed by atoms with Gasteiger partial charge in [0.05, 0.1) is 39.9 Å². The maximum absolute atomic E-state index is 13.4. The molecule has 2 amide bonds. The molecule has 17 nitrogen and oxygen atoms in total. The van der Waals surface area contributed by atoms with Gasteiger partial charge in [0.2, 0.25) is 0 Å². The molecule has 64 heavy (non-hydrogen) atoms. The van der Waals surface area contributed by atoms with Crippen LogP contribution >= 0.6 is 0 Å². The number of rotatable bonds is 12. The number of phenolic OH excluding ortho intramolecular Hbond substituents is 2. The maximum atomic E-state index is 13.4. The second-order valence-electron chi connectivity index (χ2n) is 18.1. The molecule has 2 aromatic carbocycles. The van der Waals surface area contributed by atoms with Crippen LogP contribution in [-0.2, 0) is 25.7 Å². The molecule has 3 aromatic rings. The van der Waals surface area contributed by atoms with Crippen molar-refractivity contribution < 1.29 is 38.7 Å². The van der Waals surface area contributed by atoms with Crippen LogP contribution in [0.5, 0.6) is 11.5 Å². The van der Waals surface area contributed by atoms with Crippen molar-refractivity contribution in [2.45, 2.75) is 70.5 Å². The van der Waals surface area contributed by atoms with Gasteiger partial charge in [-0.1, -0.05) is 0 Å². The Labute approximate surface area is 375 Å². The minimum absolute atomic E-state index is 0.118. The number of anilines is 2. The zero-order valence-corrected chi connectivity index (χ0v) is 37.7. The number of carbonyl (C=O) groups is 2. The largest absolute Gasteiger partial charge is 0.524 e. The summed E-state index contributed by atoms with van der Waals surface area (Å²) in [4.78, 5) is 39.2. The number of nitrogens with one attached hydrogen (secondary N) is 2. The van der Waals surface area contributed by atoms with Gasteiger partial charge >= 0.3 is 12.0 Å². The maximum Gasteiger partial charge on any atom is 0.524 e. The molecule has 3 unspecified atom stereocenters. The topological polar surface area (TPSA) is 156 Å². The first kappa shape index (κ1) is 43.1. The van der Waals surface area contributed by atoms with Gasteiger partial charge in [0.1, 0.15) is 47.5 Å². The van der Waals surface area contributed by atoms with Crippen molar-refractivity contribution in [3.63, 3.8) is 0 Å². The fourth-order valence-electron chi connectivity index (χ4n) is 10.3. The van der Waals surface area contributed by atoms with Crippen LogP contribution in [0.1, 0.15) is 71.1 Å². The molecule has 6 aliphatic rings. The average Bonchev–Trinajstić information content (AvgIpc) is 3.85. The molecular formula is C47H63N13O4+4. The molecule has 17 heteroatoms. The van der Waals surface area contributed by atoms with E-state index >= 15 is 0 Å². The summed E-state index contributed by atoms with van der Waals surface area (Å²) in [5.41, 5.74) is 8.49. The number of hydrogen-bond acceptors (Lipinski definition) is 11. The lowest BCUT2D eigenvalue weighted by Gasteiger charge is -2.37. The molecule has 0 aliphatic carbocycles. The van der Waals surface area contributed by atoms with Gasteiger partial charge in [-0.3, -0.25) is 9.69 Å². The Kier molecular flexibility index (Phi) is 12.4. The number of aromatic hydroxyl groups is 2. The Bertz CT molecular complexity index is 2440. The van der Waals surface area contributed by atoms with Gasteiger partial charge in [-0.25, -0.2) is 4.90 Å². The van der Waals surface area contributed by atoms with E-state index in [1.807, 2.05) is 54.3 Å². The Morgan fingerprint density at radius 2 is 1.36 bits per heavy atom. The van der Waals surface area contributed by atoms with Crippen LogP contribution in [0.25, 0.3) is 0 Å². The van der Waals surface area contributed by atoms with Crippen molar-refractivity contribution >= 4 is 40.6 Å². The summed E-state index contributed by atoms with van der Waals surface area (Å²) in [6.45, 7) is 6.68. The van der Waals surface area contributed by atoms with Crippen molar-refractivity contribution in [2.24, 2.45) is 20.5 Å². The number of pyridine rings is 1. The lowest BCUT2D eigenvalue weighted by atomic mass is 9.90. The number of guanidine groups is 1. The van der Waals surface area contributed by atoms with Crippen LogP contribution in [0, 0.1) is 0 Å². The van der Waals surface area contributed by atoms with E-state index in [2.05, 4.69) is 31.3 Å². The number of aromatic nitrogens is 1. The first-order valence-corrected chi connectivity index (χ1v) is 23.1. The predicted molar refractivity (Wildman–Crippen MR) is 242 cm³/mol. The molecule has 9 rings (SSSR count). The summed E-state index contributed by atoms with van der Waals surface area (Å²) in [5, 5.41) is 40.9. The van der Waals surface area contributed by atoms with Crippen LogP contribution in [0.3, 0.4) is 0 Å². The second-order valence-corrected chi connectivity index (χ2v) is 18.1. The fraction of sp³-hybridized carbons (Fsp3) is 0.489. The molecular weight excluding hydrogens is 811 g/mol. The van der Waals surface area contributed by atoms with Gasteiger partial charge in [-0.05, 0) is 91.9 Å². The molecule has 0 radical (unpaired) electrons. The summed E-state index contributed by atoms with van der Waals surface area (Å²) in [7, 11) is 7.49. The molecule has 6 aliphatic heterocycles. The standard InChI is InChI=1S/C47H59N13O4/c1-52(17-9-23-58-29-27-53(2)45(58)50-48-38-31-34-11-5-19-56-21-7-13-36(40(34)56)42(38)61)44(63)33-15-25-60(26-16-33)47(64)55(4)18-10-24-59-30-28-54(3)46(59)51-49-39-32-35-12-6-20-57-22-8-14-37(41(35)57)43(39)62/h15-16,25-32,46H,5-14,17-24H2,1-4H3/p+4. The number of benzene rings is 2. The smallest absolute Gasteiger partial charge is 0.505 e. The molecule has 0 fully saturated rings. The average molecular weight is 874 g/mol. The number of aryl methyl sites for hydroxylation is 2. The van der Waals surface area contributed by atoms with Crippen LogP contribution < -0.4 is 24.2 Å². The summed E-state index contributed by atoms with van der Waals surface area (Å²) >= 11 is 0.